The minimum atomic E-state index is 0.217. The number of rotatable bonds is 4. The van der Waals surface area contributed by atoms with Crippen molar-refractivity contribution in [1.29, 1.82) is 0 Å². The molecule has 2 N–H and O–H groups in total. The summed E-state index contributed by atoms with van der Waals surface area (Å²) >= 11 is 0. The lowest BCUT2D eigenvalue weighted by molar-refractivity contribution is 0.0139. The van der Waals surface area contributed by atoms with Gasteiger partial charge in [0.05, 0.1) is 0 Å². The van der Waals surface area contributed by atoms with Crippen molar-refractivity contribution in [3.05, 3.63) is 23.9 Å². The minimum absolute atomic E-state index is 0.217. The third-order valence-corrected chi connectivity index (χ3v) is 3.91. The zero-order chi connectivity index (χ0) is 13.9. The van der Waals surface area contributed by atoms with E-state index < -0.39 is 0 Å². The highest BCUT2D eigenvalue weighted by molar-refractivity contribution is 5.29. The fraction of sp³-hybridized carbons (Fsp3) is 0.667. The molecule has 0 aliphatic carbocycles. The van der Waals surface area contributed by atoms with Crippen molar-refractivity contribution in [3.63, 3.8) is 0 Å². The molecule has 2 rings (SSSR count). The van der Waals surface area contributed by atoms with E-state index in [1.807, 2.05) is 12.3 Å². The summed E-state index contributed by atoms with van der Waals surface area (Å²) in [6.07, 6.45) is 3.13. The van der Waals surface area contributed by atoms with Crippen molar-refractivity contribution in [2.45, 2.75) is 39.3 Å². The van der Waals surface area contributed by atoms with E-state index in [-0.39, 0.29) is 5.54 Å². The predicted octanol–water partition coefficient (Wildman–Crippen LogP) is 1.97. The van der Waals surface area contributed by atoms with Crippen molar-refractivity contribution >= 4 is 5.82 Å². The first-order valence-electron chi connectivity index (χ1n) is 7.19. The van der Waals surface area contributed by atoms with Gasteiger partial charge in [-0.1, -0.05) is 13.0 Å². The van der Waals surface area contributed by atoms with Gasteiger partial charge in [-0.2, -0.15) is 0 Å². The number of nitrogens with two attached hydrogens (primary N) is 1. The maximum atomic E-state index is 5.63. The molecule has 0 aromatic carbocycles. The third kappa shape index (κ3) is 3.67. The van der Waals surface area contributed by atoms with Crippen LogP contribution in [0.2, 0.25) is 0 Å². The lowest BCUT2D eigenvalue weighted by atomic mass is 9.98. The van der Waals surface area contributed by atoms with Crippen LogP contribution < -0.4 is 5.73 Å². The highest BCUT2D eigenvalue weighted by Gasteiger charge is 2.33. The Morgan fingerprint density at radius 3 is 2.68 bits per heavy atom. The zero-order valence-electron chi connectivity index (χ0n) is 12.4. The molecule has 0 atom stereocenters. The van der Waals surface area contributed by atoms with Gasteiger partial charge < -0.3 is 10.6 Å². The van der Waals surface area contributed by atoms with Crippen LogP contribution in [0.5, 0.6) is 0 Å². The Morgan fingerprint density at radius 2 is 2.11 bits per heavy atom. The number of hydrogen-bond acceptors (Lipinski definition) is 4. The van der Waals surface area contributed by atoms with E-state index in [0.717, 1.165) is 19.6 Å². The van der Waals surface area contributed by atoms with Crippen LogP contribution in [0.1, 0.15) is 32.8 Å². The molecule has 19 heavy (non-hydrogen) atoms. The molecular weight excluding hydrogens is 236 g/mol. The number of hydrogen-bond donors (Lipinski definition) is 1. The summed E-state index contributed by atoms with van der Waals surface area (Å²) in [5.41, 5.74) is 7.09. The molecule has 1 aromatic heterocycles. The molecule has 0 bridgehead atoms. The van der Waals surface area contributed by atoms with E-state index in [1.165, 1.54) is 25.1 Å². The highest BCUT2D eigenvalue weighted by Crippen LogP contribution is 2.23. The monoisotopic (exact) mass is 262 g/mol. The van der Waals surface area contributed by atoms with Crippen LogP contribution in [0.15, 0.2) is 18.3 Å². The summed E-state index contributed by atoms with van der Waals surface area (Å²) in [5.74, 6) is 0.593. The van der Waals surface area contributed by atoms with Gasteiger partial charge in [-0.05, 0) is 38.4 Å². The van der Waals surface area contributed by atoms with Crippen LogP contribution in [-0.4, -0.2) is 46.5 Å². The Balaban J connectivity index is 1.99. The Morgan fingerprint density at radius 1 is 1.32 bits per heavy atom. The molecule has 2 heterocycles. The minimum Gasteiger partial charge on any atom is -0.384 e. The van der Waals surface area contributed by atoms with Gasteiger partial charge in [0.2, 0.25) is 0 Å². The van der Waals surface area contributed by atoms with E-state index in [9.17, 15) is 0 Å². The number of nitrogens with zero attached hydrogens (tertiary/aromatic N) is 3. The maximum absolute atomic E-state index is 5.63. The molecule has 4 heteroatoms. The second-order valence-electron chi connectivity index (χ2n) is 6.10. The number of aromatic nitrogens is 1. The SMILES string of the molecule is CCCN1CCN(Cc2ccc(N)nc2)C(C)(C)C1. The van der Waals surface area contributed by atoms with Crippen molar-refractivity contribution in [3.8, 4) is 0 Å². The van der Waals surface area contributed by atoms with E-state index in [1.54, 1.807) is 0 Å². The van der Waals surface area contributed by atoms with Gasteiger partial charge in [0.1, 0.15) is 5.82 Å². The predicted molar refractivity (Wildman–Crippen MR) is 79.9 cm³/mol. The topological polar surface area (TPSA) is 45.4 Å². The smallest absolute Gasteiger partial charge is 0.123 e. The van der Waals surface area contributed by atoms with E-state index in [2.05, 4.69) is 41.6 Å². The molecule has 1 saturated heterocycles. The van der Waals surface area contributed by atoms with Crippen molar-refractivity contribution in [2.75, 3.05) is 31.9 Å². The maximum Gasteiger partial charge on any atom is 0.123 e. The van der Waals surface area contributed by atoms with Crippen LogP contribution in [0.4, 0.5) is 5.82 Å². The van der Waals surface area contributed by atoms with Gasteiger partial charge >= 0.3 is 0 Å². The second-order valence-corrected chi connectivity index (χ2v) is 6.10. The molecule has 106 valence electrons. The molecular formula is C15H26N4. The first-order chi connectivity index (χ1) is 9.01. The Labute approximate surface area is 116 Å². The molecule has 1 aliphatic rings. The molecule has 0 unspecified atom stereocenters. The highest BCUT2D eigenvalue weighted by atomic mass is 15.3. The zero-order valence-corrected chi connectivity index (χ0v) is 12.4. The molecule has 0 spiro atoms. The summed E-state index contributed by atoms with van der Waals surface area (Å²) in [6, 6.07) is 3.96. The average Bonchev–Trinajstić information content (AvgIpc) is 2.35. The summed E-state index contributed by atoms with van der Waals surface area (Å²) < 4.78 is 0. The molecule has 0 radical (unpaired) electrons. The molecule has 1 aromatic rings. The Kier molecular flexibility index (Phi) is 4.42. The Bertz CT molecular complexity index is 399. The third-order valence-electron chi connectivity index (χ3n) is 3.91. The summed E-state index contributed by atoms with van der Waals surface area (Å²) in [7, 11) is 0. The first kappa shape index (κ1) is 14.3. The molecule has 0 amide bonds. The number of anilines is 1. The van der Waals surface area contributed by atoms with E-state index >= 15 is 0 Å². The van der Waals surface area contributed by atoms with Gasteiger partial charge in [0.15, 0.2) is 0 Å². The normalized spacial score (nSPS) is 20.6. The summed E-state index contributed by atoms with van der Waals surface area (Å²) in [4.78, 5) is 9.29. The summed E-state index contributed by atoms with van der Waals surface area (Å²) in [6.45, 7) is 12.5. The number of piperazine rings is 1. The number of nitrogen functional groups attached to an aromatic ring is 1. The molecule has 0 saturated carbocycles. The van der Waals surface area contributed by atoms with Crippen LogP contribution >= 0.6 is 0 Å². The van der Waals surface area contributed by atoms with E-state index in [0.29, 0.717) is 5.82 Å². The first-order valence-corrected chi connectivity index (χ1v) is 7.19. The van der Waals surface area contributed by atoms with Crippen molar-refractivity contribution in [2.24, 2.45) is 0 Å². The number of pyridine rings is 1. The molecule has 4 nitrogen and oxygen atoms in total. The fourth-order valence-electron chi connectivity index (χ4n) is 2.84. The fourth-order valence-corrected chi connectivity index (χ4v) is 2.84. The summed E-state index contributed by atoms with van der Waals surface area (Å²) in [5, 5.41) is 0. The van der Waals surface area contributed by atoms with Crippen LogP contribution in [0, 0.1) is 0 Å². The van der Waals surface area contributed by atoms with Crippen LogP contribution in [0.3, 0.4) is 0 Å². The van der Waals surface area contributed by atoms with Crippen LogP contribution in [0.25, 0.3) is 0 Å². The van der Waals surface area contributed by atoms with Crippen molar-refractivity contribution < 1.29 is 0 Å². The van der Waals surface area contributed by atoms with Gasteiger partial charge in [0.25, 0.3) is 0 Å². The van der Waals surface area contributed by atoms with Crippen molar-refractivity contribution in [1.82, 2.24) is 14.8 Å². The quantitative estimate of drug-likeness (QED) is 0.901. The average molecular weight is 262 g/mol. The standard InChI is InChI=1S/C15H26N4/c1-4-7-18-8-9-19(15(2,3)12-18)11-13-5-6-14(16)17-10-13/h5-6,10H,4,7-9,11-12H2,1-3H3,(H2,16,17). The van der Waals surface area contributed by atoms with Crippen LogP contribution in [-0.2, 0) is 6.54 Å². The Hall–Kier alpha value is -1.13. The largest absolute Gasteiger partial charge is 0.384 e. The second kappa shape index (κ2) is 5.88. The van der Waals surface area contributed by atoms with E-state index in [4.69, 9.17) is 5.73 Å². The van der Waals surface area contributed by atoms with Gasteiger partial charge in [-0.15, -0.1) is 0 Å². The molecule has 1 aliphatic heterocycles. The lowest BCUT2D eigenvalue weighted by Gasteiger charge is -2.47. The molecule has 1 fully saturated rings. The van der Waals surface area contributed by atoms with Gasteiger partial charge in [0, 0.05) is 37.9 Å². The lowest BCUT2D eigenvalue weighted by Crippen LogP contribution is -2.58. The van der Waals surface area contributed by atoms with Gasteiger partial charge in [-0.25, -0.2) is 4.98 Å². The van der Waals surface area contributed by atoms with Gasteiger partial charge in [-0.3, -0.25) is 4.90 Å².